The second-order valence-corrected chi connectivity index (χ2v) is 5.55. The first-order valence-corrected chi connectivity index (χ1v) is 7.01. The number of rotatable bonds is 2. The normalized spacial score (nSPS) is 22.6. The van der Waals surface area contributed by atoms with Crippen molar-refractivity contribution in [1.29, 1.82) is 5.26 Å². The molecule has 1 saturated heterocycles. The summed E-state index contributed by atoms with van der Waals surface area (Å²) in [7, 11) is 0. The first-order chi connectivity index (χ1) is 12.2. The Kier molecular flexibility index (Phi) is 5.28. The van der Waals surface area contributed by atoms with Crippen LogP contribution in [0, 0.1) is 11.3 Å². The predicted molar refractivity (Wildman–Crippen MR) is 70.3 cm³/mol. The minimum atomic E-state index is -5.29. The molecule has 0 bridgehead atoms. The molecule has 0 saturated carbocycles. The summed E-state index contributed by atoms with van der Waals surface area (Å²) in [4.78, 5) is 0.121. The van der Waals surface area contributed by atoms with Crippen LogP contribution in [0.25, 0.3) is 0 Å². The van der Waals surface area contributed by atoms with Gasteiger partial charge in [-0.2, -0.15) is 44.8 Å². The maximum atomic E-state index is 13.1. The Hall–Kier alpha value is -2.20. The molecule has 1 aliphatic heterocycles. The van der Waals surface area contributed by atoms with Gasteiger partial charge in [-0.3, -0.25) is 0 Å². The summed E-state index contributed by atoms with van der Waals surface area (Å²) >= 11 is 0. The maximum absolute atomic E-state index is 13.1. The van der Waals surface area contributed by atoms with Crippen LogP contribution in [0.5, 0.6) is 0 Å². The fraction of sp³-hybridized carbons (Fsp3) is 0.500. The van der Waals surface area contributed by atoms with Gasteiger partial charge in [0.15, 0.2) is 6.10 Å². The van der Waals surface area contributed by atoms with Gasteiger partial charge in [-0.05, 0) is 18.2 Å². The first-order valence-electron chi connectivity index (χ1n) is 7.01. The van der Waals surface area contributed by atoms with Crippen LogP contribution in [0.4, 0.5) is 45.2 Å². The Morgan fingerprint density at radius 3 is 2.15 bits per heavy atom. The topological polar surface area (TPSA) is 56.5 Å². The molecule has 0 aromatic heterocycles. The molecule has 4 nitrogen and oxygen atoms in total. The SMILES string of the molecule is N#Cc1ccc(N2C[C@@H]([C@H](O)C(F)(F)F)O[C@H]2C(F)(F)F)cc1C(F)(F)F. The van der Waals surface area contributed by atoms with E-state index in [9.17, 15) is 39.5 Å². The molecule has 13 heteroatoms. The number of nitrogens with zero attached hydrogens (tertiary/aromatic N) is 2. The minimum Gasteiger partial charge on any atom is -0.381 e. The molecule has 3 atom stereocenters. The van der Waals surface area contributed by atoms with E-state index in [-0.39, 0.29) is 11.0 Å². The Labute approximate surface area is 145 Å². The van der Waals surface area contributed by atoms with Crippen LogP contribution in [0.3, 0.4) is 0 Å². The van der Waals surface area contributed by atoms with Gasteiger partial charge in [0.05, 0.1) is 17.2 Å². The van der Waals surface area contributed by atoms with Gasteiger partial charge in [0.1, 0.15) is 6.10 Å². The third-order valence-electron chi connectivity index (χ3n) is 3.69. The summed E-state index contributed by atoms with van der Waals surface area (Å²) in [6.07, 6.45) is -24.3. The number of halogens is 9. The lowest BCUT2D eigenvalue weighted by Crippen LogP contribution is -2.42. The van der Waals surface area contributed by atoms with Crippen LogP contribution in [0.15, 0.2) is 18.2 Å². The summed E-state index contributed by atoms with van der Waals surface area (Å²) in [5.41, 5.74) is -3.19. The zero-order valence-electron chi connectivity index (χ0n) is 12.8. The van der Waals surface area contributed by atoms with Gasteiger partial charge in [0.25, 0.3) is 0 Å². The number of hydrogen-bond donors (Lipinski definition) is 1. The molecule has 1 aromatic rings. The van der Waals surface area contributed by atoms with Crippen LogP contribution in [-0.2, 0) is 10.9 Å². The molecule has 1 heterocycles. The van der Waals surface area contributed by atoms with Crippen LogP contribution >= 0.6 is 0 Å². The van der Waals surface area contributed by atoms with E-state index in [0.29, 0.717) is 6.07 Å². The summed E-state index contributed by atoms with van der Waals surface area (Å²) in [6, 6.07) is 2.76. The number of benzene rings is 1. The van der Waals surface area contributed by atoms with Crippen molar-refractivity contribution < 1.29 is 49.4 Å². The lowest BCUT2D eigenvalue weighted by molar-refractivity contribution is -0.258. The fourth-order valence-corrected chi connectivity index (χ4v) is 2.49. The average molecular weight is 408 g/mol. The van der Waals surface area contributed by atoms with Gasteiger partial charge in [0, 0.05) is 12.2 Å². The largest absolute Gasteiger partial charge is 0.433 e. The van der Waals surface area contributed by atoms with E-state index in [4.69, 9.17) is 10.4 Å². The van der Waals surface area contributed by atoms with Gasteiger partial charge >= 0.3 is 18.5 Å². The molecular weight excluding hydrogens is 399 g/mol. The van der Waals surface area contributed by atoms with E-state index in [0.717, 1.165) is 6.07 Å². The lowest BCUT2D eigenvalue weighted by atomic mass is 10.1. The minimum absolute atomic E-state index is 0.121. The average Bonchev–Trinajstić information content (AvgIpc) is 2.97. The van der Waals surface area contributed by atoms with E-state index in [1.165, 1.54) is 6.07 Å². The summed E-state index contributed by atoms with van der Waals surface area (Å²) in [5, 5.41) is 17.8. The quantitative estimate of drug-likeness (QED) is 0.761. The van der Waals surface area contributed by atoms with Crippen LogP contribution in [-0.4, -0.2) is 42.4 Å². The smallest absolute Gasteiger partial charge is 0.381 e. The highest BCUT2D eigenvalue weighted by molar-refractivity contribution is 5.56. The van der Waals surface area contributed by atoms with Crippen molar-refractivity contribution in [3.8, 4) is 6.07 Å². The molecular formula is C14H9F9N2O2. The molecule has 0 radical (unpaired) electrons. The van der Waals surface area contributed by atoms with Gasteiger partial charge in [-0.1, -0.05) is 0 Å². The molecule has 150 valence electrons. The number of alkyl halides is 9. The molecule has 27 heavy (non-hydrogen) atoms. The zero-order valence-corrected chi connectivity index (χ0v) is 12.8. The van der Waals surface area contributed by atoms with Crippen molar-refractivity contribution >= 4 is 5.69 Å². The van der Waals surface area contributed by atoms with Crippen molar-refractivity contribution in [3.05, 3.63) is 29.3 Å². The van der Waals surface area contributed by atoms with E-state index in [2.05, 4.69) is 4.74 Å². The predicted octanol–water partition coefficient (Wildman–Crippen LogP) is 3.59. The molecule has 1 fully saturated rings. The van der Waals surface area contributed by atoms with Gasteiger partial charge in [-0.25, -0.2) is 0 Å². The summed E-state index contributed by atoms with van der Waals surface area (Å²) in [6.45, 7) is -1.17. The highest BCUT2D eigenvalue weighted by Crippen LogP contribution is 2.40. The van der Waals surface area contributed by atoms with Crippen LogP contribution in [0.2, 0.25) is 0 Å². The third kappa shape index (κ3) is 4.38. The third-order valence-corrected chi connectivity index (χ3v) is 3.69. The molecule has 0 aliphatic carbocycles. The van der Waals surface area contributed by atoms with Crippen molar-refractivity contribution in [2.24, 2.45) is 0 Å². The van der Waals surface area contributed by atoms with E-state index in [1.807, 2.05) is 0 Å². The van der Waals surface area contributed by atoms with E-state index in [1.54, 1.807) is 0 Å². The summed E-state index contributed by atoms with van der Waals surface area (Å²) in [5.74, 6) is 0. The maximum Gasteiger partial charge on any atom is 0.433 e. The number of aliphatic hydroxyl groups excluding tert-OH is 1. The summed E-state index contributed by atoms with van der Waals surface area (Å²) < 4.78 is 120. The monoisotopic (exact) mass is 408 g/mol. The van der Waals surface area contributed by atoms with E-state index < -0.39 is 60.3 Å². The molecule has 0 spiro atoms. The number of aliphatic hydroxyl groups is 1. The number of hydrogen-bond acceptors (Lipinski definition) is 4. The highest BCUT2D eigenvalue weighted by atomic mass is 19.4. The molecule has 0 amide bonds. The molecule has 0 unspecified atom stereocenters. The molecule has 2 rings (SSSR count). The van der Waals surface area contributed by atoms with Gasteiger partial charge in [-0.15, -0.1) is 0 Å². The Balaban J connectivity index is 2.47. The Morgan fingerprint density at radius 1 is 1.11 bits per heavy atom. The molecule has 1 aromatic carbocycles. The number of nitriles is 1. The van der Waals surface area contributed by atoms with Crippen LogP contribution < -0.4 is 4.90 Å². The second-order valence-electron chi connectivity index (χ2n) is 5.55. The van der Waals surface area contributed by atoms with Crippen molar-refractivity contribution in [3.63, 3.8) is 0 Å². The van der Waals surface area contributed by atoms with Gasteiger partial charge < -0.3 is 14.7 Å². The number of anilines is 1. The fourth-order valence-electron chi connectivity index (χ4n) is 2.49. The highest BCUT2D eigenvalue weighted by Gasteiger charge is 2.56. The van der Waals surface area contributed by atoms with Crippen molar-refractivity contribution in [2.75, 3.05) is 11.4 Å². The molecule has 1 N–H and O–H groups in total. The second kappa shape index (κ2) is 6.75. The number of ether oxygens (including phenoxy) is 1. The standard InChI is InChI=1S/C14H9F9N2O2/c15-12(16,17)8-3-7(2-1-6(8)4-24)25-5-9(10(26)13(18,19)20)27-11(25)14(21,22)23/h1-3,9-11,26H,5H2/t9-,10-,11-/m0/s1. The first kappa shape index (κ1) is 21.1. The lowest BCUT2D eigenvalue weighted by Gasteiger charge is -2.27. The zero-order chi connectivity index (χ0) is 20.8. The van der Waals surface area contributed by atoms with Gasteiger partial charge in [0.2, 0.25) is 6.23 Å². The van der Waals surface area contributed by atoms with E-state index >= 15 is 0 Å². The Morgan fingerprint density at radius 2 is 1.70 bits per heavy atom. The van der Waals surface area contributed by atoms with Crippen molar-refractivity contribution in [1.82, 2.24) is 0 Å². The van der Waals surface area contributed by atoms with Crippen LogP contribution in [0.1, 0.15) is 11.1 Å². The Bertz CT molecular complexity index is 736. The van der Waals surface area contributed by atoms with Crippen molar-refractivity contribution in [2.45, 2.75) is 37.0 Å². The molecule has 1 aliphatic rings.